The average Bonchev–Trinajstić information content (AvgIpc) is 2.17. The fourth-order valence-electron chi connectivity index (χ4n) is 0.943. The number of amides is 1. The molecule has 5 heteroatoms. The highest BCUT2D eigenvalue weighted by atomic mass is 35.5. The zero-order chi connectivity index (χ0) is 10.6. The Bertz CT molecular complexity index is 411. The van der Waals surface area contributed by atoms with Gasteiger partial charge in [0.2, 0.25) is 6.08 Å². The van der Waals surface area contributed by atoms with Gasteiger partial charge in [-0.05, 0) is 18.2 Å². The molecule has 1 aromatic carbocycles. The fourth-order valence-corrected chi connectivity index (χ4v) is 1.11. The van der Waals surface area contributed by atoms with Gasteiger partial charge in [0.15, 0.2) is 0 Å². The van der Waals surface area contributed by atoms with E-state index in [-0.39, 0.29) is 11.3 Å². The lowest BCUT2D eigenvalue weighted by molar-refractivity contribution is 0.1000. The minimum atomic E-state index is -0.700. The van der Waals surface area contributed by atoms with Crippen molar-refractivity contribution in [1.82, 2.24) is 0 Å². The number of benzene rings is 1. The minimum absolute atomic E-state index is 0.181. The first-order chi connectivity index (χ1) is 6.69. The van der Waals surface area contributed by atoms with E-state index in [1.165, 1.54) is 31.4 Å². The lowest BCUT2D eigenvalue weighted by Gasteiger charge is -2.04. The summed E-state index contributed by atoms with van der Waals surface area (Å²) >= 11 is 5.68. The van der Waals surface area contributed by atoms with Gasteiger partial charge in [-0.15, -0.1) is 4.99 Å². The molecule has 14 heavy (non-hydrogen) atoms. The Kier molecular flexibility index (Phi) is 3.40. The van der Waals surface area contributed by atoms with Gasteiger partial charge >= 0.3 is 0 Å². The van der Waals surface area contributed by atoms with Gasteiger partial charge in [0.05, 0.1) is 12.7 Å². The van der Waals surface area contributed by atoms with E-state index in [9.17, 15) is 9.59 Å². The van der Waals surface area contributed by atoms with Crippen LogP contribution < -0.4 is 4.74 Å². The largest absolute Gasteiger partial charge is 0.496 e. The Hall–Kier alpha value is -1.64. The molecule has 0 unspecified atom stereocenters. The predicted octanol–water partition coefficient (Wildman–Crippen LogP) is 1.82. The van der Waals surface area contributed by atoms with Crippen molar-refractivity contribution in [2.45, 2.75) is 0 Å². The van der Waals surface area contributed by atoms with E-state index in [4.69, 9.17) is 16.3 Å². The molecule has 0 saturated carbocycles. The summed E-state index contributed by atoms with van der Waals surface area (Å²) in [4.78, 5) is 24.0. The second-order valence-electron chi connectivity index (χ2n) is 2.35. The summed E-state index contributed by atoms with van der Waals surface area (Å²) in [7, 11) is 1.40. The van der Waals surface area contributed by atoms with Gasteiger partial charge in [-0.2, -0.15) is 0 Å². The van der Waals surface area contributed by atoms with E-state index in [1.807, 2.05) is 0 Å². The topological polar surface area (TPSA) is 55.7 Å². The zero-order valence-corrected chi connectivity index (χ0v) is 8.04. The van der Waals surface area contributed by atoms with Gasteiger partial charge in [0.25, 0.3) is 5.91 Å². The molecule has 0 radical (unpaired) electrons. The molecular formula is C9H6ClNO3. The molecule has 0 aliphatic rings. The maximum Gasteiger partial charge on any atom is 0.291 e. The monoisotopic (exact) mass is 211 g/mol. The lowest BCUT2D eigenvalue weighted by atomic mass is 10.2. The van der Waals surface area contributed by atoms with Crippen molar-refractivity contribution in [3.8, 4) is 5.75 Å². The van der Waals surface area contributed by atoms with Crippen LogP contribution in [0.5, 0.6) is 5.75 Å². The van der Waals surface area contributed by atoms with Crippen LogP contribution in [0.4, 0.5) is 0 Å². The molecule has 1 rings (SSSR count). The third kappa shape index (κ3) is 2.19. The Morgan fingerprint density at radius 1 is 1.57 bits per heavy atom. The van der Waals surface area contributed by atoms with E-state index in [0.717, 1.165) is 0 Å². The summed E-state index contributed by atoms with van der Waals surface area (Å²) in [5.74, 6) is -0.421. The van der Waals surface area contributed by atoms with Crippen LogP contribution in [-0.4, -0.2) is 19.1 Å². The van der Waals surface area contributed by atoms with Crippen molar-refractivity contribution >= 4 is 23.6 Å². The molecule has 0 spiro atoms. The van der Waals surface area contributed by atoms with Crippen molar-refractivity contribution in [3.63, 3.8) is 0 Å². The summed E-state index contributed by atoms with van der Waals surface area (Å²) < 4.78 is 4.90. The molecule has 1 amide bonds. The van der Waals surface area contributed by atoms with Crippen LogP contribution in [-0.2, 0) is 4.79 Å². The first kappa shape index (κ1) is 10.4. The highest BCUT2D eigenvalue weighted by Crippen LogP contribution is 2.23. The Labute approximate surface area is 85.2 Å². The first-order valence-electron chi connectivity index (χ1n) is 3.64. The molecule has 0 bridgehead atoms. The maximum atomic E-state index is 11.2. The smallest absolute Gasteiger partial charge is 0.291 e. The number of aliphatic imine (C=N–C) groups is 1. The predicted molar refractivity (Wildman–Crippen MR) is 50.5 cm³/mol. The number of hydrogen-bond acceptors (Lipinski definition) is 3. The van der Waals surface area contributed by atoms with Gasteiger partial charge in [-0.25, -0.2) is 4.79 Å². The highest BCUT2D eigenvalue weighted by molar-refractivity contribution is 6.30. The highest BCUT2D eigenvalue weighted by Gasteiger charge is 2.11. The number of carbonyl (C=O) groups excluding carboxylic acids is 2. The van der Waals surface area contributed by atoms with Gasteiger partial charge in [-0.1, -0.05) is 11.6 Å². The van der Waals surface area contributed by atoms with Crippen molar-refractivity contribution in [2.75, 3.05) is 7.11 Å². The summed E-state index contributed by atoms with van der Waals surface area (Å²) in [6.45, 7) is 0. The fraction of sp³-hybridized carbons (Fsp3) is 0.111. The average molecular weight is 212 g/mol. The van der Waals surface area contributed by atoms with Crippen LogP contribution in [0.3, 0.4) is 0 Å². The lowest BCUT2D eigenvalue weighted by Crippen LogP contribution is -1.98. The standard InChI is InChI=1S/C9H6ClNO3/c1-14-8-4-6(10)2-3-7(8)9(13)11-5-12/h2-4H,1H3. The van der Waals surface area contributed by atoms with Crippen molar-refractivity contribution in [3.05, 3.63) is 28.8 Å². The molecule has 0 aliphatic heterocycles. The summed E-state index contributed by atoms with van der Waals surface area (Å²) in [5, 5.41) is 0.438. The maximum absolute atomic E-state index is 11.2. The van der Waals surface area contributed by atoms with Gasteiger partial charge < -0.3 is 4.74 Å². The molecule has 0 aromatic heterocycles. The number of nitrogens with zero attached hydrogens (tertiary/aromatic N) is 1. The Balaban J connectivity index is 3.20. The summed E-state index contributed by atoms with van der Waals surface area (Å²) in [6.07, 6.45) is 1.17. The van der Waals surface area contributed by atoms with Crippen LogP contribution in [0.25, 0.3) is 0 Å². The molecule has 4 nitrogen and oxygen atoms in total. The molecule has 0 saturated heterocycles. The second-order valence-corrected chi connectivity index (χ2v) is 2.79. The van der Waals surface area contributed by atoms with Crippen LogP contribution in [0.15, 0.2) is 23.2 Å². The van der Waals surface area contributed by atoms with Gasteiger partial charge in [0, 0.05) is 5.02 Å². The first-order valence-corrected chi connectivity index (χ1v) is 4.02. The van der Waals surface area contributed by atoms with Crippen molar-refractivity contribution in [1.29, 1.82) is 0 Å². The molecule has 1 aromatic rings. The number of carbonyl (C=O) groups is 1. The summed E-state index contributed by atoms with van der Waals surface area (Å²) in [6, 6.07) is 4.41. The van der Waals surface area contributed by atoms with E-state index in [1.54, 1.807) is 0 Å². The molecule has 0 atom stereocenters. The minimum Gasteiger partial charge on any atom is -0.496 e. The van der Waals surface area contributed by atoms with Crippen LogP contribution in [0.2, 0.25) is 5.02 Å². The van der Waals surface area contributed by atoms with Crippen LogP contribution in [0, 0.1) is 0 Å². The van der Waals surface area contributed by atoms with Crippen molar-refractivity contribution < 1.29 is 14.3 Å². The number of isocyanates is 1. The Morgan fingerprint density at radius 2 is 2.29 bits per heavy atom. The number of hydrogen-bond donors (Lipinski definition) is 0. The van der Waals surface area contributed by atoms with E-state index in [2.05, 4.69) is 4.99 Å². The summed E-state index contributed by atoms with van der Waals surface area (Å²) in [5.41, 5.74) is 0.181. The SMILES string of the molecule is COc1cc(Cl)ccc1C(=O)N=C=O. The molecule has 0 aliphatic carbocycles. The number of halogens is 1. The molecule has 0 N–H and O–H groups in total. The van der Waals surface area contributed by atoms with Crippen LogP contribution >= 0.6 is 11.6 Å². The van der Waals surface area contributed by atoms with E-state index in [0.29, 0.717) is 5.02 Å². The third-order valence-electron chi connectivity index (χ3n) is 1.54. The van der Waals surface area contributed by atoms with Crippen molar-refractivity contribution in [2.24, 2.45) is 4.99 Å². The molecule has 0 fully saturated rings. The number of ether oxygens (including phenoxy) is 1. The molecule has 72 valence electrons. The quantitative estimate of drug-likeness (QED) is 0.554. The zero-order valence-electron chi connectivity index (χ0n) is 7.28. The third-order valence-corrected chi connectivity index (χ3v) is 1.78. The van der Waals surface area contributed by atoms with Gasteiger partial charge in [-0.3, -0.25) is 4.79 Å². The number of methoxy groups -OCH3 is 1. The molecule has 0 heterocycles. The molecular weight excluding hydrogens is 206 g/mol. The second kappa shape index (κ2) is 4.56. The normalized spacial score (nSPS) is 9.00. The van der Waals surface area contributed by atoms with E-state index < -0.39 is 5.91 Å². The number of rotatable bonds is 2. The van der Waals surface area contributed by atoms with Gasteiger partial charge in [0.1, 0.15) is 5.75 Å². The Morgan fingerprint density at radius 3 is 2.86 bits per heavy atom. The van der Waals surface area contributed by atoms with Crippen LogP contribution in [0.1, 0.15) is 10.4 Å². The van der Waals surface area contributed by atoms with E-state index >= 15 is 0 Å².